The quantitative estimate of drug-likeness (QED) is 0.304. The van der Waals surface area contributed by atoms with E-state index in [1.165, 1.54) is 19.3 Å². The maximum Gasteiger partial charge on any atom is 0.129 e. The normalized spacial score (nSPS) is 10.5. The first-order valence-corrected chi connectivity index (χ1v) is 9.41. The van der Waals surface area contributed by atoms with Gasteiger partial charge >= 0.3 is 0 Å². The van der Waals surface area contributed by atoms with Crippen LogP contribution >= 0.6 is 0 Å². The first kappa shape index (κ1) is 18.7. The van der Waals surface area contributed by atoms with Gasteiger partial charge in [-0.1, -0.05) is 43.2 Å². The van der Waals surface area contributed by atoms with E-state index < -0.39 is 0 Å². The molecule has 0 amide bonds. The Morgan fingerprint density at radius 3 is 2.48 bits per heavy atom. The highest BCUT2D eigenvalue weighted by molar-refractivity contribution is 6.06. The van der Waals surface area contributed by atoms with Crippen molar-refractivity contribution in [3.8, 4) is 5.75 Å². The highest BCUT2D eigenvalue weighted by Crippen LogP contribution is 2.17. The van der Waals surface area contributed by atoms with Crippen molar-refractivity contribution in [1.82, 2.24) is 9.55 Å². The van der Waals surface area contributed by atoms with E-state index in [-0.39, 0.29) is 0 Å². The molecule has 1 aromatic heterocycles. The van der Waals surface area contributed by atoms with Crippen LogP contribution in [0.15, 0.2) is 73.3 Å². The Balaban J connectivity index is 1.31. The van der Waals surface area contributed by atoms with E-state index in [2.05, 4.69) is 14.9 Å². The van der Waals surface area contributed by atoms with Crippen LogP contribution in [0.2, 0.25) is 0 Å². The van der Waals surface area contributed by atoms with Gasteiger partial charge in [0.2, 0.25) is 0 Å². The molecule has 5 nitrogen and oxygen atoms in total. The van der Waals surface area contributed by atoms with Gasteiger partial charge < -0.3 is 14.6 Å². The summed E-state index contributed by atoms with van der Waals surface area (Å²) in [5.41, 5.74) is 1.75. The van der Waals surface area contributed by atoms with E-state index in [0.717, 1.165) is 36.6 Å². The lowest BCUT2D eigenvalue weighted by atomic mass is 10.2. The van der Waals surface area contributed by atoms with Crippen LogP contribution < -0.4 is 10.1 Å². The lowest BCUT2D eigenvalue weighted by molar-refractivity contribution is 0.304. The molecule has 0 saturated carbocycles. The highest BCUT2D eigenvalue weighted by atomic mass is 16.5. The van der Waals surface area contributed by atoms with Gasteiger partial charge in [-0.15, -0.1) is 0 Å². The number of benzene rings is 2. The van der Waals surface area contributed by atoms with Crippen LogP contribution in [-0.2, 0) is 6.54 Å². The van der Waals surface area contributed by atoms with Crippen LogP contribution in [-0.4, -0.2) is 22.0 Å². The van der Waals surface area contributed by atoms with Crippen molar-refractivity contribution in [2.24, 2.45) is 0 Å². The molecule has 27 heavy (non-hydrogen) atoms. The zero-order chi connectivity index (χ0) is 18.7. The summed E-state index contributed by atoms with van der Waals surface area (Å²) in [6, 6.07) is 17.4. The molecule has 0 unspecified atom stereocenters. The summed E-state index contributed by atoms with van der Waals surface area (Å²) in [4.78, 5) is 4.05. The van der Waals surface area contributed by atoms with Crippen molar-refractivity contribution in [3.63, 3.8) is 0 Å². The van der Waals surface area contributed by atoms with Gasteiger partial charge in [0, 0.05) is 30.2 Å². The highest BCUT2D eigenvalue weighted by Gasteiger charge is 2.01. The molecule has 2 aromatic carbocycles. The van der Waals surface area contributed by atoms with E-state index in [1.807, 2.05) is 73.3 Å². The largest absolute Gasteiger partial charge is 0.494 e. The molecule has 140 valence electrons. The minimum Gasteiger partial charge on any atom is -0.494 e. The van der Waals surface area contributed by atoms with Crippen molar-refractivity contribution in [1.29, 1.82) is 5.41 Å². The number of amidine groups is 1. The number of hydrogen-bond donors (Lipinski definition) is 2. The summed E-state index contributed by atoms with van der Waals surface area (Å²) in [5, 5.41) is 11.2. The van der Waals surface area contributed by atoms with Gasteiger partial charge in [0.05, 0.1) is 12.9 Å². The van der Waals surface area contributed by atoms with Crippen LogP contribution in [0, 0.1) is 5.41 Å². The molecule has 0 atom stereocenters. The summed E-state index contributed by atoms with van der Waals surface area (Å²) in [7, 11) is 0. The van der Waals surface area contributed by atoms with Gasteiger partial charge in [0.25, 0.3) is 0 Å². The van der Waals surface area contributed by atoms with Crippen molar-refractivity contribution in [2.45, 2.75) is 32.2 Å². The second-order valence-corrected chi connectivity index (χ2v) is 6.45. The molecule has 3 aromatic rings. The van der Waals surface area contributed by atoms with Crippen molar-refractivity contribution < 1.29 is 4.74 Å². The van der Waals surface area contributed by atoms with Crippen LogP contribution in [0.25, 0.3) is 0 Å². The molecule has 0 saturated heterocycles. The maximum atomic E-state index is 8.11. The van der Waals surface area contributed by atoms with E-state index in [9.17, 15) is 0 Å². The van der Waals surface area contributed by atoms with E-state index in [4.69, 9.17) is 10.1 Å². The zero-order valence-corrected chi connectivity index (χ0v) is 15.5. The van der Waals surface area contributed by atoms with Crippen molar-refractivity contribution in [2.75, 3.05) is 11.9 Å². The Morgan fingerprint density at radius 2 is 1.74 bits per heavy atom. The fourth-order valence-corrected chi connectivity index (χ4v) is 2.81. The molecular formula is C22H26N4O. The third-order valence-corrected chi connectivity index (χ3v) is 4.32. The molecule has 0 radical (unpaired) electrons. The third kappa shape index (κ3) is 6.29. The number of aryl methyl sites for hydroxylation is 1. The molecule has 5 heteroatoms. The first-order chi connectivity index (χ1) is 13.3. The molecular weight excluding hydrogens is 336 g/mol. The summed E-state index contributed by atoms with van der Waals surface area (Å²) in [6.07, 6.45) is 10.3. The number of nitrogens with one attached hydrogen (secondary N) is 2. The average molecular weight is 362 g/mol. The summed E-state index contributed by atoms with van der Waals surface area (Å²) < 4.78 is 7.92. The smallest absolute Gasteiger partial charge is 0.129 e. The lowest BCUT2D eigenvalue weighted by Crippen LogP contribution is -2.11. The van der Waals surface area contributed by atoms with E-state index in [1.54, 1.807) is 0 Å². The van der Waals surface area contributed by atoms with Crippen molar-refractivity contribution in [3.05, 3.63) is 78.9 Å². The SMILES string of the molecule is N=C(Nc1ccc(OCCCCCCn2ccnc2)cc1)c1ccccc1. The van der Waals surface area contributed by atoms with Crippen LogP contribution in [0.3, 0.4) is 0 Å². The topological polar surface area (TPSA) is 62.9 Å². The zero-order valence-electron chi connectivity index (χ0n) is 15.5. The first-order valence-electron chi connectivity index (χ1n) is 9.41. The van der Waals surface area contributed by atoms with Crippen LogP contribution in [0.1, 0.15) is 31.2 Å². The minimum absolute atomic E-state index is 0.389. The predicted octanol–water partition coefficient (Wildman–Crippen LogP) is 4.96. The fourth-order valence-electron chi connectivity index (χ4n) is 2.81. The Bertz CT molecular complexity index is 798. The number of hydrogen-bond acceptors (Lipinski definition) is 3. The number of unbranched alkanes of at least 4 members (excludes halogenated alkanes) is 3. The standard InChI is InChI=1S/C22H26N4O/c23-22(19-8-4-3-5-9-19)25-20-10-12-21(13-11-20)27-17-7-2-1-6-15-26-16-14-24-18-26/h3-5,8-14,16,18H,1-2,6-7,15,17H2,(H2,23,25). The summed E-state index contributed by atoms with van der Waals surface area (Å²) in [6.45, 7) is 1.77. The number of aromatic nitrogens is 2. The number of imidazole rings is 1. The summed E-state index contributed by atoms with van der Waals surface area (Å²) >= 11 is 0. The maximum absolute atomic E-state index is 8.11. The molecule has 0 aliphatic heterocycles. The minimum atomic E-state index is 0.389. The van der Waals surface area contributed by atoms with Gasteiger partial charge in [0.1, 0.15) is 11.6 Å². The van der Waals surface area contributed by atoms with Gasteiger partial charge in [-0.3, -0.25) is 5.41 Å². The third-order valence-electron chi connectivity index (χ3n) is 4.32. The predicted molar refractivity (Wildman–Crippen MR) is 110 cm³/mol. The second kappa shape index (κ2) is 10.2. The van der Waals surface area contributed by atoms with Gasteiger partial charge in [-0.2, -0.15) is 0 Å². The molecule has 0 fully saturated rings. The molecule has 0 aliphatic carbocycles. The number of rotatable bonds is 10. The molecule has 3 rings (SSSR count). The van der Waals surface area contributed by atoms with Crippen molar-refractivity contribution >= 4 is 11.5 Å². The molecule has 2 N–H and O–H groups in total. The van der Waals surface area contributed by atoms with Gasteiger partial charge in [-0.25, -0.2) is 4.98 Å². The van der Waals surface area contributed by atoms with E-state index >= 15 is 0 Å². The molecule has 0 aliphatic rings. The summed E-state index contributed by atoms with van der Waals surface area (Å²) in [5.74, 6) is 1.25. The van der Waals surface area contributed by atoms with Crippen LogP contribution in [0.5, 0.6) is 5.75 Å². The van der Waals surface area contributed by atoms with Crippen LogP contribution in [0.4, 0.5) is 5.69 Å². The lowest BCUT2D eigenvalue weighted by Gasteiger charge is -2.10. The Morgan fingerprint density at radius 1 is 0.963 bits per heavy atom. The Kier molecular flexibility index (Phi) is 7.04. The Hall–Kier alpha value is -3.08. The number of ether oxygens (including phenoxy) is 1. The molecule has 0 spiro atoms. The molecule has 0 bridgehead atoms. The second-order valence-electron chi connectivity index (χ2n) is 6.45. The molecule has 1 heterocycles. The fraction of sp³-hybridized carbons (Fsp3) is 0.273. The monoisotopic (exact) mass is 362 g/mol. The number of anilines is 1. The average Bonchev–Trinajstić information content (AvgIpc) is 3.23. The van der Waals surface area contributed by atoms with Gasteiger partial charge in [0.15, 0.2) is 0 Å². The van der Waals surface area contributed by atoms with Gasteiger partial charge in [-0.05, 0) is 37.1 Å². The van der Waals surface area contributed by atoms with E-state index in [0.29, 0.717) is 5.84 Å². The Labute approximate surface area is 160 Å². The number of nitrogens with zero attached hydrogens (tertiary/aromatic N) is 2.